The number of nitrogens with two attached hydrogens (primary N) is 1. The second-order valence-electron chi connectivity index (χ2n) is 19.5. The van der Waals surface area contributed by atoms with E-state index in [0.717, 1.165) is 11.3 Å². The Kier molecular flexibility index (Phi) is 30.9. The van der Waals surface area contributed by atoms with Crippen molar-refractivity contribution in [2.75, 3.05) is 130 Å². The molecule has 0 spiro atoms. The van der Waals surface area contributed by atoms with Crippen molar-refractivity contribution in [2.45, 2.75) is 51.1 Å². The number of nitrogens with zero attached hydrogens (tertiary/aromatic N) is 5. The van der Waals surface area contributed by atoms with Gasteiger partial charge in [-0.1, -0.05) is 61.5 Å². The van der Waals surface area contributed by atoms with Crippen molar-refractivity contribution in [3.8, 4) is 5.75 Å². The zero-order valence-corrected chi connectivity index (χ0v) is 47.3. The van der Waals surface area contributed by atoms with Crippen LogP contribution in [-0.4, -0.2) is 230 Å². The van der Waals surface area contributed by atoms with Gasteiger partial charge in [-0.2, -0.15) is 4.99 Å². The highest BCUT2D eigenvalue weighted by Gasteiger charge is 2.28. The first-order chi connectivity index (χ1) is 40.4. The molecule has 0 radical (unpaired) electrons. The van der Waals surface area contributed by atoms with Crippen molar-refractivity contribution >= 4 is 65.2 Å². The molecule has 2 atom stereocenters. The minimum Gasteiger partial charge on any atom is -0.508 e. The van der Waals surface area contributed by atoms with Gasteiger partial charge in [0, 0.05) is 110 Å². The summed E-state index contributed by atoms with van der Waals surface area (Å²) in [6, 6.07) is 20.4. The molecule has 1 saturated heterocycles. The Hall–Kier alpha value is -8.64. The molecule has 4 rings (SSSR count). The van der Waals surface area contributed by atoms with Crippen molar-refractivity contribution in [2.24, 2.45) is 10.7 Å². The average molecular weight is 1180 g/mol. The molecule has 0 saturated carbocycles. The Morgan fingerprint density at radius 1 is 0.571 bits per heavy atom. The van der Waals surface area contributed by atoms with E-state index >= 15 is 0 Å². The van der Waals surface area contributed by atoms with Crippen LogP contribution in [0.2, 0.25) is 0 Å². The summed E-state index contributed by atoms with van der Waals surface area (Å²) in [6.45, 7) is 4.30. The number of aliphatic imine (C=N–C) groups is 1. The topological polar surface area (TPSA) is 403 Å². The van der Waals surface area contributed by atoms with E-state index in [9.17, 15) is 63.6 Å². The van der Waals surface area contributed by atoms with Crippen LogP contribution in [0.25, 0.3) is 0 Å². The molecule has 460 valence electrons. The summed E-state index contributed by atoms with van der Waals surface area (Å²) < 4.78 is 0. The number of carbonyl (C=O) groups is 9. The van der Waals surface area contributed by atoms with Gasteiger partial charge in [-0.25, -0.2) is 15.1 Å². The molecule has 1 aliphatic rings. The second-order valence-corrected chi connectivity index (χ2v) is 19.5. The number of hydrogen-bond acceptors (Lipinski definition) is 16. The van der Waals surface area contributed by atoms with Gasteiger partial charge in [0.1, 0.15) is 11.8 Å². The van der Waals surface area contributed by atoms with Gasteiger partial charge in [0.25, 0.3) is 0 Å². The number of anilines is 1. The molecule has 15 N–H and O–H groups in total. The zero-order chi connectivity index (χ0) is 61.1. The molecule has 0 bridgehead atoms. The number of aromatic hydroxyl groups is 1. The number of amides is 8. The molecule has 29 heteroatoms. The average Bonchev–Trinajstić information content (AvgIpc) is 3.37. The molecule has 3 aromatic rings. The van der Waals surface area contributed by atoms with Crippen LogP contribution < -0.4 is 53.7 Å². The maximum absolute atomic E-state index is 14.3. The largest absolute Gasteiger partial charge is 0.508 e. The van der Waals surface area contributed by atoms with E-state index in [1.165, 1.54) is 12.1 Å². The Balaban J connectivity index is 1.23. The number of benzene rings is 3. The van der Waals surface area contributed by atoms with Crippen molar-refractivity contribution in [1.82, 2.24) is 62.3 Å². The molecule has 0 aromatic heterocycles. The van der Waals surface area contributed by atoms with Crippen LogP contribution in [0.3, 0.4) is 0 Å². The van der Waals surface area contributed by atoms with E-state index in [-0.39, 0.29) is 154 Å². The summed E-state index contributed by atoms with van der Waals surface area (Å²) in [5, 5.41) is 60.6. The number of carbonyl (C=O) groups excluding carboxylic acids is 6. The monoisotopic (exact) mass is 1180 g/mol. The van der Waals surface area contributed by atoms with Gasteiger partial charge in [0.2, 0.25) is 23.6 Å². The molecule has 0 unspecified atom stereocenters. The second kappa shape index (κ2) is 38.2. The number of guanidine groups is 1. The smallest absolute Gasteiger partial charge is 0.344 e. The molecular formula is C55H81N15O14. The maximum atomic E-state index is 14.3. The third-order valence-electron chi connectivity index (χ3n) is 13.0. The Bertz CT molecular complexity index is 2570. The first kappa shape index (κ1) is 67.9. The lowest BCUT2D eigenvalue weighted by Crippen LogP contribution is -2.50. The summed E-state index contributed by atoms with van der Waals surface area (Å²) in [5.74, 6) is -5.47. The molecule has 29 nitrogen and oxygen atoms in total. The summed E-state index contributed by atoms with van der Waals surface area (Å²) in [4.78, 5) is 127. The first-order valence-corrected chi connectivity index (χ1v) is 27.7. The van der Waals surface area contributed by atoms with Crippen molar-refractivity contribution in [1.29, 1.82) is 0 Å². The van der Waals surface area contributed by atoms with E-state index in [0.29, 0.717) is 36.9 Å². The summed E-state index contributed by atoms with van der Waals surface area (Å²) in [6.07, 6.45) is 1.34. The van der Waals surface area contributed by atoms with Gasteiger partial charge in [-0.05, 0) is 60.2 Å². The lowest BCUT2D eigenvalue weighted by atomic mass is 9.90. The summed E-state index contributed by atoms with van der Waals surface area (Å²) >= 11 is 0. The Morgan fingerprint density at radius 2 is 1.11 bits per heavy atom. The van der Waals surface area contributed by atoms with Crippen molar-refractivity contribution in [3.05, 3.63) is 95.6 Å². The minimum atomic E-state index is -1.06. The van der Waals surface area contributed by atoms with E-state index in [1.807, 2.05) is 54.6 Å². The lowest BCUT2D eigenvalue weighted by molar-refractivity contribution is -0.140. The summed E-state index contributed by atoms with van der Waals surface area (Å²) in [5.41, 5.74) is 11.0. The van der Waals surface area contributed by atoms with Crippen LogP contribution in [0.1, 0.15) is 55.2 Å². The van der Waals surface area contributed by atoms with Crippen molar-refractivity contribution in [3.63, 3.8) is 0 Å². The maximum Gasteiger partial charge on any atom is 0.344 e. The number of carboxylic acids is 3. The molecular weight excluding hydrogens is 1090 g/mol. The molecule has 1 heterocycles. The molecule has 84 heavy (non-hydrogen) atoms. The number of nitrogens with one attached hydrogen (secondary N) is 9. The van der Waals surface area contributed by atoms with E-state index < -0.39 is 53.7 Å². The van der Waals surface area contributed by atoms with Crippen molar-refractivity contribution < 1.29 is 68.4 Å². The number of hydrogen-bond donors (Lipinski definition) is 14. The van der Waals surface area contributed by atoms with E-state index in [1.54, 1.807) is 38.7 Å². The van der Waals surface area contributed by atoms with Gasteiger partial charge in [-0.3, -0.25) is 58.0 Å². The molecule has 1 aliphatic heterocycles. The van der Waals surface area contributed by atoms with Crippen LogP contribution >= 0.6 is 0 Å². The fourth-order valence-electron chi connectivity index (χ4n) is 8.55. The van der Waals surface area contributed by atoms with E-state index in [4.69, 9.17) is 10.6 Å². The highest BCUT2D eigenvalue weighted by Crippen LogP contribution is 2.27. The van der Waals surface area contributed by atoms with Crippen LogP contribution in [0.4, 0.5) is 15.3 Å². The number of carboxylic acid groups (broad SMARTS) is 3. The Morgan fingerprint density at radius 3 is 1.68 bits per heavy atom. The van der Waals surface area contributed by atoms with Gasteiger partial charge in [0.05, 0.1) is 38.7 Å². The van der Waals surface area contributed by atoms with Gasteiger partial charge >= 0.3 is 30.0 Å². The number of rotatable bonds is 32. The van der Waals surface area contributed by atoms with Gasteiger partial charge in [0.15, 0.2) is 5.96 Å². The number of phenols is 1. The molecule has 0 aliphatic carbocycles. The predicted octanol–water partition coefficient (Wildman–Crippen LogP) is -1.13. The van der Waals surface area contributed by atoms with Crippen LogP contribution in [0.15, 0.2) is 83.9 Å². The van der Waals surface area contributed by atoms with Crippen LogP contribution in [0, 0.1) is 0 Å². The third-order valence-corrected chi connectivity index (χ3v) is 13.0. The number of aliphatic carboxylic acids is 3. The number of hydroxylamine groups is 1. The minimum absolute atomic E-state index is 0.0454. The first-order valence-electron chi connectivity index (χ1n) is 27.7. The molecule has 8 amide bonds. The van der Waals surface area contributed by atoms with E-state index in [2.05, 4.69) is 53.0 Å². The summed E-state index contributed by atoms with van der Waals surface area (Å²) in [7, 11) is 0. The quantitative estimate of drug-likeness (QED) is 0.0152. The number of urea groups is 2. The highest BCUT2D eigenvalue weighted by molar-refractivity contribution is 5.93. The SMILES string of the molecule is CCC(=O)NCCNC(=O)/N=C(/N)NCCC[C@@H](NC(=O)[C@@H](c1ccccc1)c1ccc(NCCCNC(=O)NOCCNC(=O)CN2CCN(CC(=O)O)CCN(CC(=O)O)CCN(CC(=O)O)CC2)cc1)C(=O)NCc1ccc(O)cc1. The number of phenolic OH excluding ortho intramolecular Hbond substituents is 1. The predicted molar refractivity (Wildman–Crippen MR) is 309 cm³/mol. The van der Waals surface area contributed by atoms with Gasteiger partial charge in [-0.15, -0.1) is 0 Å². The standard InChI is InChI=1S/C55H81N15O14/c1-2-45(72)58-22-23-62-54(82)65-53(56)60-19-6-10-44(51(80)63-34-39-11-17-43(71)18-12-39)64-52(81)50(40-8-4-3-5-9-40)41-13-15-42(16-14-41)57-20-7-21-61-55(83)66-84-33-24-59-46(73)35-67-25-27-68(36-47(74)75)29-31-70(38-49(78)79)32-30-69(28-26-67)37-48(76)77/h3-5,8-9,11-18,44,50,57,71H,2,6-7,10,19-38H2,1H3,(H,58,72)(H,59,73)(H,63,80)(H,64,81)(H,74,75)(H,76,77)(H,78,79)(H2,61,66,83)(H4,56,60,62,65,82)/t44-,50+/m1/s1. The highest BCUT2D eigenvalue weighted by atomic mass is 16.7. The van der Waals surface area contributed by atoms with Crippen LogP contribution in [-0.2, 0) is 44.9 Å². The zero-order valence-electron chi connectivity index (χ0n) is 47.3. The normalized spacial score (nSPS) is 14.7. The fourth-order valence-corrected chi connectivity index (χ4v) is 8.55. The fraction of sp³-hybridized carbons (Fsp3) is 0.491. The Labute approximate surface area is 487 Å². The third kappa shape index (κ3) is 28.4. The molecule has 3 aromatic carbocycles. The lowest BCUT2D eigenvalue weighted by Gasteiger charge is -2.32. The van der Waals surface area contributed by atoms with Gasteiger partial charge < -0.3 is 68.7 Å². The molecule has 1 fully saturated rings. The van der Waals surface area contributed by atoms with Crippen LogP contribution in [0.5, 0.6) is 5.75 Å².